The van der Waals surface area contributed by atoms with Gasteiger partial charge in [-0.15, -0.1) is 11.3 Å². The molecule has 6 heteroatoms. The molecule has 1 unspecified atom stereocenters. The highest BCUT2D eigenvalue weighted by molar-refractivity contribution is 7.09. The van der Waals surface area contributed by atoms with E-state index in [-0.39, 0.29) is 0 Å². The van der Waals surface area contributed by atoms with Crippen LogP contribution in [0.15, 0.2) is 29.6 Å². The molecule has 0 bridgehead atoms. The number of benzene rings is 1. The number of aryl methyl sites for hydroxylation is 1. The predicted octanol–water partition coefficient (Wildman–Crippen LogP) is 3.31. The van der Waals surface area contributed by atoms with Crippen LogP contribution >= 0.6 is 11.3 Å². The molecule has 1 aromatic heterocycles. The number of para-hydroxylation sites is 1. The minimum atomic E-state index is -0.452. The number of piperidine rings is 1. The smallest absolute Gasteiger partial charge is 0.123 e. The first-order valence-electron chi connectivity index (χ1n) is 9.81. The van der Waals surface area contributed by atoms with Gasteiger partial charge in [-0.2, -0.15) is 0 Å². The van der Waals surface area contributed by atoms with Crippen molar-refractivity contribution < 1.29 is 9.84 Å². The summed E-state index contributed by atoms with van der Waals surface area (Å²) < 4.78 is 5.98. The maximum atomic E-state index is 10.3. The molecule has 1 aliphatic rings. The maximum absolute atomic E-state index is 10.3. The van der Waals surface area contributed by atoms with Crippen LogP contribution in [-0.4, -0.2) is 59.3 Å². The molecule has 0 aliphatic carbocycles. The second-order valence-corrected chi connectivity index (χ2v) is 8.53. The Hall–Kier alpha value is -1.47. The van der Waals surface area contributed by atoms with Crippen molar-refractivity contribution in [1.29, 1.82) is 0 Å². The lowest BCUT2D eigenvalue weighted by Gasteiger charge is -2.28. The number of hydrogen-bond donors (Lipinski definition) is 1. The Labute approximate surface area is 166 Å². The number of aromatic nitrogens is 1. The molecule has 27 heavy (non-hydrogen) atoms. The predicted molar refractivity (Wildman–Crippen MR) is 110 cm³/mol. The topological polar surface area (TPSA) is 48.8 Å². The average molecular weight is 390 g/mol. The molecule has 148 valence electrons. The zero-order valence-electron chi connectivity index (χ0n) is 16.4. The molecule has 1 N–H and O–H groups in total. The molecule has 0 spiro atoms. The van der Waals surface area contributed by atoms with Crippen LogP contribution in [0.25, 0.3) is 0 Å². The second kappa shape index (κ2) is 10.2. The Morgan fingerprint density at radius 2 is 2.00 bits per heavy atom. The van der Waals surface area contributed by atoms with Gasteiger partial charge in [0.25, 0.3) is 0 Å². The molecule has 1 saturated heterocycles. The van der Waals surface area contributed by atoms with Gasteiger partial charge in [-0.1, -0.05) is 24.6 Å². The van der Waals surface area contributed by atoms with Gasteiger partial charge in [-0.25, -0.2) is 4.98 Å². The number of rotatable bonds is 9. The van der Waals surface area contributed by atoms with E-state index in [1.54, 1.807) is 11.3 Å². The summed E-state index contributed by atoms with van der Waals surface area (Å²) >= 11 is 1.69. The van der Waals surface area contributed by atoms with Crippen LogP contribution in [0, 0.1) is 6.92 Å². The number of aliphatic hydroxyl groups is 1. The lowest BCUT2D eigenvalue weighted by molar-refractivity contribution is 0.0612. The van der Waals surface area contributed by atoms with Gasteiger partial charge in [0.2, 0.25) is 0 Å². The van der Waals surface area contributed by atoms with Crippen LogP contribution in [-0.2, 0) is 13.1 Å². The number of ether oxygens (including phenoxy) is 1. The molecule has 2 heterocycles. The van der Waals surface area contributed by atoms with Crippen molar-refractivity contribution in [1.82, 2.24) is 14.8 Å². The molecule has 1 fully saturated rings. The quantitative estimate of drug-likeness (QED) is 0.713. The summed E-state index contributed by atoms with van der Waals surface area (Å²) in [5, 5.41) is 13.6. The molecule has 5 nitrogen and oxygen atoms in total. The average Bonchev–Trinajstić information content (AvgIpc) is 3.06. The van der Waals surface area contributed by atoms with Crippen LogP contribution < -0.4 is 4.74 Å². The Morgan fingerprint density at radius 3 is 2.74 bits per heavy atom. The summed E-state index contributed by atoms with van der Waals surface area (Å²) in [6.07, 6.45) is 3.33. The molecule has 0 saturated carbocycles. The molecule has 0 radical (unpaired) electrons. The fraction of sp³-hybridized carbons (Fsp3) is 0.571. The van der Waals surface area contributed by atoms with Crippen LogP contribution in [0.5, 0.6) is 5.75 Å². The van der Waals surface area contributed by atoms with Crippen molar-refractivity contribution in [3.8, 4) is 5.75 Å². The zero-order valence-corrected chi connectivity index (χ0v) is 17.2. The number of aliphatic hydroxyl groups excluding tert-OH is 1. The molecule has 1 aliphatic heterocycles. The Kier molecular flexibility index (Phi) is 7.64. The number of hydrogen-bond acceptors (Lipinski definition) is 6. The van der Waals surface area contributed by atoms with Crippen molar-refractivity contribution in [2.45, 2.75) is 45.4 Å². The van der Waals surface area contributed by atoms with E-state index in [1.165, 1.54) is 19.3 Å². The van der Waals surface area contributed by atoms with Gasteiger partial charge < -0.3 is 14.7 Å². The third kappa shape index (κ3) is 6.57. The standard InChI is InChI=1S/C21H31N3O2S/c1-17-22-19(16-27-17)13-23(2)12-18-8-4-5-9-21(18)26-15-20(25)14-24-10-6-3-7-11-24/h4-5,8-9,16,20,25H,3,6-7,10-15H2,1-2H3. The second-order valence-electron chi connectivity index (χ2n) is 7.46. The van der Waals surface area contributed by atoms with Gasteiger partial charge in [0, 0.05) is 30.6 Å². The Balaban J connectivity index is 1.50. The third-order valence-electron chi connectivity index (χ3n) is 4.86. The van der Waals surface area contributed by atoms with Crippen molar-refractivity contribution in [2.75, 3.05) is 33.3 Å². The first kappa shape index (κ1) is 20.3. The van der Waals surface area contributed by atoms with Crippen LogP contribution in [0.1, 0.15) is 35.5 Å². The number of nitrogens with zero attached hydrogens (tertiary/aromatic N) is 3. The van der Waals surface area contributed by atoms with E-state index in [2.05, 4.69) is 33.3 Å². The van der Waals surface area contributed by atoms with Gasteiger partial charge in [-0.3, -0.25) is 4.90 Å². The number of β-amino-alcohol motifs (C(OH)–C–C–N with tert-alkyl or cyclic N) is 1. The lowest BCUT2D eigenvalue weighted by atomic mass is 10.1. The van der Waals surface area contributed by atoms with Crippen LogP contribution in [0.3, 0.4) is 0 Å². The maximum Gasteiger partial charge on any atom is 0.123 e. The molecule has 0 amide bonds. The molecular formula is C21H31N3O2S. The normalized spacial score (nSPS) is 16.6. The summed E-state index contributed by atoms with van der Waals surface area (Å²) in [4.78, 5) is 9.11. The number of thiazole rings is 1. The van der Waals surface area contributed by atoms with E-state index in [1.807, 2.05) is 25.1 Å². The first-order valence-corrected chi connectivity index (χ1v) is 10.7. The molecule has 1 aromatic carbocycles. The van der Waals surface area contributed by atoms with Gasteiger partial charge in [-0.05, 0) is 46.0 Å². The van der Waals surface area contributed by atoms with Crippen molar-refractivity contribution >= 4 is 11.3 Å². The van der Waals surface area contributed by atoms with E-state index >= 15 is 0 Å². The van der Waals surface area contributed by atoms with Gasteiger partial charge >= 0.3 is 0 Å². The summed E-state index contributed by atoms with van der Waals surface area (Å²) in [7, 11) is 2.09. The molecule has 2 aromatic rings. The highest BCUT2D eigenvalue weighted by atomic mass is 32.1. The van der Waals surface area contributed by atoms with Crippen molar-refractivity contribution in [3.05, 3.63) is 45.9 Å². The van der Waals surface area contributed by atoms with E-state index in [0.29, 0.717) is 13.2 Å². The Morgan fingerprint density at radius 1 is 1.22 bits per heavy atom. The summed E-state index contributed by atoms with van der Waals surface area (Å²) in [5.74, 6) is 0.858. The zero-order chi connectivity index (χ0) is 19.1. The summed E-state index contributed by atoms with van der Waals surface area (Å²) in [6.45, 7) is 6.86. The fourth-order valence-corrected chi connectivity index (χ4v) is 4.16. The van der Waals surface area contributed by atoms with Crippen molar-refractivity contribution in [3.63, 3.8) is 0 Å². The first-order chi connectivity index (χ1) is 13.1. The molecule has 1 atom stereocenters. The summed E-state index contributed by atoms with van der Waals surface area (Å²) in [5.41, 5.74) is 2.24. The van der Waals surface area contributed by atoms with E-state index in [0.717, 1.165) is 48.2 Å². The van der Waals surface area contributed by atoms with Gasteiger partial charge in [0.1, 0.15) is 18.5 Å². The van der Waals surface area contributed by atoms with E-state index in [4.69, 9.17) is 4.74 Å². The van der Waals surface area contributed by atoms with Crippen molar-refractivity contribution in [2.24, 2.45) is 0 Å². The Bertz CT molecular complexity index is 700. The lowest BCUT2D eigenvalue weighted by Crippen LogP contribution is -2.38. The monoisotopic (exact) mass is 389 g/mol. The van der Waals surface area contributed by atoms with Gasteiger partial charge in [0.05, 0.1) is 10.7 Å². The number of likely N-dealkylation sites (tertiary alicyclic amines) is 1. The minimum Gasteiger partial charge on any atom is -0.491 e. The molecular weight excluding hydrogens is 358 g/mol. The van der Waals surface area contributed by atoms with Gasteiger partial charge in [0.15, 0.2) is 0 Å². The van der Waals surface area contributed by atoms with Crippen LogP contribution in [0.4, 0.5) is 0 Å². The van der Waals surface area contributed by atoms with E-state index in [9.17, 15) is 5.11 Å². The molecule has 3 rings (SSSR count). The van der Waals surface area contributed by atoms with E-state index < -0.39 is 6.10 Å². The minimum absolute atomic E-state index is 0.336. The highest BCUT2D eigenvalue weighted by Crippen LogP contribution is 2.21. The fourth-order valence-electron chi connectivity index (χ4n) is 3.56. The third-order valence-corrected chi connectivity index (χ3v) is 5.68. The highest BCUT2D eigenvalue weighted by Gasteiger charge is 2.16. The SMILES string of the molecule is Cc1nc(CN(C)Cc2ccccc2OCC(O)CN2CCCCC2)cs1. The summed E-state index contributed by atoms with van der Waals surface area (Å²) in [6, 6.07) is 8.10. The largest absolute Gasteiger partial charge is 0.491 e. The van der Waals surface area contributed by atoms with Crippen LogP contribution in [0.2, 0.25) is 0 Å².